The van der Waals surface area contributed by atoms with Crippen molar-refractivity contribution in [3.63, 3.8) is 0 Å². The van der Waals surface area contributed by atoms with E-state index in [0.717, 1.165) is 53.4 Å². The zero-order valence-corrected chi connectivity index (χ0v) is 17.3. The summed E-state index contributed by atoms with van der Waals surface area (Å²) in [6.45, 7) is 5.88. The van der Waals surface area contributed by atoms with Gasteiger partial charge in [0.15, 0.2) is 5.82 Å². The molecule has 0 atom stereocenters. The number of halogens is 1. The second-order valence-corrected chi connectivity index (χ2v) is 7.47. The zero-order valence-electron chi connectivity index (χ0n) is 16.5. The van der Waals surface area contributed by atoms with Crippen LogP contribution in [-0.2, 0) is 31.4 Å². The number of methoxy groups -OCH3 is 1. The number of aryl methyl sites for hydroxylation is 2. The van der Waals surface area contributed by atoms with Crippen molar-refractivity contribution in [2.24, 2.45) is 7.05 Å². The number of anilines is 1. The molecule has 0 unspecified atom stereocenters. The van der Waals surface area contributed by atoms with Crippen molar-refractivity contribution in [3.8, 4) is 11.1 Å². The molecule has 8 heteroatoms. The number of nitrogens with zero attached hydrogens (tertiary/aromatic N) is 6. The minimum absolute atomic E-state index is 0.337. The highest BCUT2D eigenvalue weighted by Crippen LogP contribution is 2.30. The number of hydrogen-bond acceptors (Lipinski definition) is 6. The molecule has 0 bridgehead atoms. The molecular weight excluding hydrogens is 376 g/mol. The van der Waals surface area contributed by atoms with E-state index in [1.807, 2.05) is 38.0 Å². The molecule has 0 aromatic carbocycles. The first-order chi connectivity index (χ1) is 13.5. The Kier molecular flexibility index (Phi) is 5.03. The van der Waals surface area contributed by atoms with Crippen LogP contribution < -0.4 is 4.90 Å². The third kappa shape index (κ3) is 3.47. The second kappa shape index (κ2) is 7.48. The van der Waals surface area contributed by atoms with E-state index in [-0.39, 0.29) is 0 Å². The maximum Gasteiger partial charge on any atom is 0.158 e. The minimum atomic E-state index is 0.337. The van der Waals surface area contributed by atoms with Crippen LogP contribution in [-0.4, -0.2) is 38.4 Å². The highest BCUT2D eigenvalue weighted by molar-refractivity contribution is 6.30. The highest BCUT2D eigenvalue weighted by atomic mass is 35.5. The van der Waals surface area contributed by atoms with Crippen LogP contribution in [0.25, 0.3) is 11.1 Å². The fourth-order valence-corrected chi connectivity index (χ4v) is 3.84. The van der Waals surface area contributed by atoms with Crippen molar-refractivity contribution in [1.82, 2.24) is 24.7 Å². The van der Waals surface area contributed by atoms with Crippen LogP contribution in [0.4, 0.5) is 5.82 Å². The SMILES string of the molecule is COCc1nc(Cl)c(C)c(N2CCc3ncc(-c4cn(C)nc4C)cc3C2)n1. The first-order valence-corrected chi connectivity index (χ1v) is 9.59. The first kappa shape index (κ1) is 18.8. The zero-order chi connectivity index (χ0) is 19.8. The van der Waals surface area contributed by atoms with Crippen LogP contribution in [0.5, 0.6) is 0 Å². The van der Waals surface area contributed by atoms with Crippen molar-refractivity contribution in [2.75, 3.05) is 18.6 Å². The predicted molar refractivity (Wildman–Crippen MR) is 108 cm³/mol. The topological polar surface area (TPSA) is 69.0 Å². The molecule has 0 radical (unpaired) electrons. The molecular formula is C20H23ClN6O. The molecule has 4 rings (SSSR count). The van der Waals surface area contributed by atoms with Crippen LogP contribution >= 0.6 is 11.6 Å². The van der Waals surface area contributed by atoms with Gasteiger partial charge in [-0.3, -0.25) is 9.67 Å². The molecule has 0 amide bonds. The Labute approximate surface area is 169 Å². The largest absolute Gasteiger partial charge is 0.377 e. The van der Waals surface area contributed by atoms with Gasteiger partial charge in [0.1, 0.15) is 17.6 Å². The predicted octanol–water partition coefficient (Wildman–Crippen LogP) is 3.25. The van der Waals surface area contributed by atoms with Gasteiger partial charge in [-0.25, -0.2) is 9.97 Å². The molecule has 0 spiro atoms. The van der Waals surface area contributed by atoms with E-state index in [0.29, 0.717) is 17.6 Å². The standard InChI is InChI=1S/C20H23ClN6O/c1-12-19(21)23-18(11-28-4)24-20(12)27-6-5-17-15(9-27)7-14(8-22-17)16-10-26(3)25-13(16)2/h7-8,10H,5-6,9,11H2,1-4H3. The van der Waals surface area contributed by atoms with Crippen molar-refractivity contribution in [2.45, 2.75) is 33.4 Å². The van der Waals surface area contributed by atoms with Gasteiger partial charge in [-0.2, -0.15) is 5.10 Å². The van der Waals surface area contributed by atoms with Crippen molar-refractivity contribution in [3.05, 3.63) is 52.0 Å². The van der Waals surface area contributed by atoms with Gasteiger partial charge in [0.05, 0.1) is 5.69 Å². The maximum atomic E-state index is 6.34. The molecule has 3 aromatic rings. The van der Waals surface area contributed by atoms with Gasteiger partial charge in [-0.15, -0.1) is 0 Å². The molecule has 0 aliphatic carbocycles. The second-order valence-electron chi connectivity index (χ2n) is 7.12. The summed E-state index contributed by atoms with van der Waals surface area (Å²) in [7, 11) is 3.56. The van der Waals surface area contributed by atoms with Crippen molar-refractivity contribution >= 4 is 17.4 Å². The number of hydrogen-bond donors (Lipinski definition) is 0. The third-order valence-corrected chi connectivity index (χ3v) is 5.41. The highest BCUT2D eigenvalue weighted by Gasteiger charge is 2.23. The van der Waals surface area contributed by atoms with Gasteiger partial charge in [0, 0.05) is 68.4 Å². The Morgan fingerprint density at radius 2 is 2.07 bits per heavy atom. The lowest BCUT2D eigenvalue weighted by Gasteiger charge is -2.30. The molecule has 0 saturated heterocycles. The average molecular weight is 399 g/mol. The molecule has 146 valence electrons. The number of aromatic nitrogens is 5. The monoisotopic (exact) mass is 398 g/mol. The summed E-state index contributed by atoms with van der Waals surface area (Å²) in [6, 6.07) is 2.21. The van der Waals surface area contributed by atoms with Crippen LogP contribution in [0.1, 0.15) is 28.3 Å². The molecule has 28 heavy (non-hydrogen) atoms. The Morgan fingerprint density at radius 1 is 1.25 bits per heavy atom. The van der Waals surface area contributed by atoms with Gasteiger partial charge < -0.3 is 9.64 Å². The first-order valence-electron chi connectivity index (χ1n) is 9.21. The summed E-state index contributed by atoms with van der Waals surface area (Å²) < 4.78 is 7.01. The van der Waals surface area contributed by atoms with Gasteiger partial charge in [-0.05, 0) is 25.5 Å². The lowest BCUT2D eigenvalue weighted by atomic mass is 10.0. The van der Waals surface area contributed by atoms with E-state index in [1.165, 1.54) is 5.56 Å². The molecule has 4 heterocycles. The molecule has 1 aliphatic heterocycles. The lowest BCUT2D eigenvalue weighted by Crippen LogP contribution is -2.32. The summed E-state index contributed by atoms with van der Waals surface area (Å²) in [5.41, 5.74) is 6.42. The van der Waals surface area contributed by atoms with Gasteiger partial charge in [-0.1, -0.05) is 11.6 Å². The Bertz CT molecular complexity index is 1030. The van der Waals surface area contributed by atoms with Crippen LogP contribution in [0.15, 0.2) is 18.5 Å². The number of rotatable bonds is 4. The summed E-state index contributed by atoms with van der Waals surface area (Å²) in [6.07, 6.45) is 4.84. The van der Waals surface area contributed by atoms with E-state index < -0.39 is 0 Å². The average Bonchev–Trinajstić information content (AvgIpc) is 3.02. The van der Waals surface area contributed by atoms with Gasteiger partial charge in [0.25, 0.3) is 0 Å². The molecule has 0 saturated carbocycles. The quantitative estimate of drug-likeness (QED) is 0.628. The van der Waals surface area contributed by atoms with Gasteiger partial charge >= 0.3 is 0 Å². The lowest BCUT2D eigenvalue weighted by molar-refractivity contribution is 0.178. The summed E-state index contributed by atoms with van der Waals surface area (Å²) >= 11 is 6.34. The van der Waals surface area contributed by atoms with Crippen LogP contribution in [0, 0.1) is 13.8 Å². The van der Waals surface area contributed by atoms with E-state index in [1.54, 1.807) is 7.11 Å². The fourth-order valence-electron chi connectivity index (χ4n) is 3.66. The molecule has 0 N–H and O–H groups in total. The van der Waals surface area contributed by atoms with Crippen molar-refractivity contribution < 1.29 is 4.74 Å². The summed E-state index contributed by atoms with van der Waals surface area (Å²) in [5, 5.41) is 4.92. The molecule has 7 nitrogen and oxygen atoms in total. The van der Waals surface area contributed by atoms with Crippen molar-refractivity contribution in [1.29, 1.82) is 0 Å². The van der Waals surface area contributed by atoms with E-state index in [9.17, 15) is 0 Å². The summed E-state index contributed by atoms with van der Waals surface area (Å²) in [4.78, 5) is 16.0. The van der Waals surface area contributed by atoms with Crippen LogP contribution in [0.3, 0.4) is 0 Å². The third-order valence-electron chi connectivity index (χ3n) is 5.04. The Hall–Kier alpha value is -2.51. The van der Waals surface area contributed by atoms with E-state index >= 15 is 0 Å². The number of ether oxygens (including phenoxy) is 1. The number of pyridine rings is 1. The molecule has 1 aliphatic rings. The van der Waals surface area contributed by atoms with E-state index in [2.05, 4.69) is 26.0 Å². The molecule has 3 aromatic heterocycles. The van der Waals surface area contributed by atoms with Gasteiger partial charge in [0.2, 0.25) is 0 Å². The van der Waals surface area contributed by atoms with E-state index in [4.69, 9.17) is 21.3 Å². The van der Waals surface area contributed by atoms with Crippen LogP contribution in [0.2, 0.25) is 5.15 Å². The number of fused-ring (bicyclic) bond motifs is 1. The fraction of sp³-hybridized carbons (Fsp3) is 0.400. The normalized spacial score (nSPS) is 13.7. The Balaban J connectivity index is 1.68. The summed E-state index contributed by atoms with van der Waals surface area (Å²) in [5.74, 6) is 1.46. The smallest absolute Gasteiger partial charge is 0.158 e. The minimum Gasteiger partial charge on any atom is -0.377 e. The molecule has 0 fully saturated rings. The Morgan fingerprint density at radius 3 is 2.79 bits per heavy atom. The maximum absolute atomic E-state index is 6.34.